The van der Waals surface area contributed by atoms with E-state index in [2.05, 4.69) is 21.1 Å². The molecule has 41 heavy (non-hydrogen) atoms. The zero-order valence-corrected chi connectivity index (χ0v) is 23.4. The van der Waals surface area contributed by atoms with E-state index in [0.717, 1.165) is 16.7 Å². The predicted molar refractivity (Wildman–Crippen MR) is 152 cm³/mol. The van der Waals surface area contributed by atoms with Crippen molar-refractivity contribution >= 4 is 29.6 Å². The minimum atomic E-state index is -1.05. The van der Waals surface area contributed by atoms with Crippen LogP contribution in [0.15, 0.2) is 83.1 Å². The fourth-order valence-corrected chi connectivity index (χ4v) is 4.29. The molecular weight excluding hydrogens is 528 g/mol. The van der Waals surface area contributed by atoms with E-state index < -0.39 is 24.0 Å². The second-order valence-corrected chi connectivity index (χ2v) is 9.51. The lowest BCUT2D eigenvalue weighted by Gasteiger charge is -2.21. The number of methoxy groups -OCH3 is 1. The van der Waals surface area contributed by atoms with Gasteiger partial charge in [0.15, 0.2) is 5.71 Å². The Morgan fingerprint density at radius 1 is 0.976 bits per heavy atom. The molecule has 0 aliphatic heterocycles. The van der Waals surface area contributed by atoms with E-state index in [1.54, 1.807) is 18.2 Å². The molecule has 2 aliphatic rings. The van der Waals surface area contributed by atoms with E-state index in [1.165, 1.54) is 21.1 Å². The van der Waals surface area contributed by atoms with Gasteiger partial charge in [-0.15, -0.1) is 0 Å². The minimum Gasteiger partial charge on any atom is -0.467 e. The van der Waals surface area contributed by atoms with Gasteiger partial charge in [-0.25, -0.2) is 9.59 Å². The Morgan fingerprint density at radius 2 is 1.63 bits per heavy atom. The maximum atomic E-state index is 13.1. The first-order valence-electron chi connectivity index (χ1n) is 13.3. The summed E-state index contributed by atoms with van der Waals surface area (Å²) in [6.07, 6.45) is 12.4. The third kappa shape index (κ3) is 10.4. The molecule has 1 unspecified atom stereocenters. The Kier molecular flexibility index (Phi) is 11.9. The third-order valence-corrected chi connectivity index (χ3v) is 6.34. The highest BCUT2D eigenvalue weighted by molar-refractivity contribution is 6.43. The molecule has 3 amide bonds. The van der Waals surface area contributed by atoms with Gasteiger partial charge in [0.25, 0.3) is 5.91 Å². The number of rotatable bonds is 10. The molecule has 3 rings (SSSR count). The molecule has 0 saturated heterocycles. The van der Waals surface area contributed by atoms with Crippen LogP contribution in [-0.4, -0.2) is 61.9 Å². The number of benzene rings is 1. The van der Waals surface area contributed by atoms with Crippen LogP contribution < -0.4 is 16.0 Å². The van der Waals surface area contributed by atoms with Gasteiger partial charge in [-0.05, 0) is 54.5 Å². The molecule has 0 spiro atoms. The van der Waals surface area contributed by atoms with Crippen LogP contribution in [0.25, 0.3) is 0 Å². The fraction of sp³-hybridized carbons (Fsp3) is 0.367. The molecule has 0 bridgehead atoms. The van der Waals surface area contributed by atoms with Crippen molar-refractivity contribution in [3.63, 3.8) is 0 Å². The normalized spacial score (nSPS) is 21.1. The molecular formula is C30H36N4O7. The SMILES string of the molecule is CO/N=C(/C=C1\C=C[C@@H](NC(=O)OCc2ccccc2)CC1)C(=O)N[C@@H](/C=C1\C=CC(NC(C)=O)CC1)C(=O)OC. The highest BCUT2D eigenvalue weighted by Crippen LogP contribution is 2.19. The molecule has 3 atom stereocenters. The van der Waals surface area contributed by atoms with E-state index >= 15 is 0 Å². The molecule has 0 aromatic heterocycles. The van der Waals surface area contributed by atoms with Crippen LogP contribution in [0.5, 0.6) is 0 Å². The second kappa shape index (κ2) is 15.8. The van der Waals surface area contributed by atoms with Crippen molar-refractivity contribution in [2.24, 2.45) is 5.16 Å². The van der Waals surface area contributed by atoms with E-state index in [4.69, 9.17) is 14.3 Å². The van der Waals surface area contributed by atoms with E-state index in [9.17, 15) is 19.2 Å². The molecule has 0 radical (unpaired) electrons. The lowest BCUT2D eigenvalue weighted by Crippen LogP contribution is -2.43. The van der Waals surface area contributed by atoms with Gasteiger partial charge in [-0.3, -0.25) is 9.59 Å². The summed E-state index contributed by atoms with van der Waals surface area (Å²) < 4.78 is 10.2. The maximum Gasteiger partial charge on any atom is 0.407 e. The molecule has 11 nitrogen and oxygen atoms in total. The fourth-order valence-electron chi connectivity index (χ4n) is 4.29. The highest BCUT2D eigenvalue weighted by Gasteiger charge is 2.24. The molecule has 0 fully saturated rings. The standard InChI is InChI=1S/C30H36N4O7/c1-20(35)31-24-13-9-22(10-14-24)18-27(29(37)39-2)33-28(36)26(34-40-3)17-21-11-15-25(16-12-21)32-30(38)41-19-23-7-5-4-6-8-23/h4-9,11,13,15,17-18,24-25,27H,10,12,14,16,19H2,1-3H3,(H,31,35)(H,32,38)(H,33,36)/b21-17+,22-18+,34-26-/t24?,25-,27+/m1/s1. The molecule has 3 N–H and O–H groups in total. The molecule has 2 aliphatic carbocycles. The van der Waals surface area contributed by atoms with Crippen molar-refractivity contribution < 1.29 is 33.5 Å². The third-order valence-electron chi connectivity index (χ3n) is 6.34. The molecule has 1 aromatic carbocycles. The number of hydrogen-bond donors (Lipinski definition) is 3. The minimum absolute atomic E-state index is 0.0296. The topological polar surface area (TPSA) is 144 Å². The molecule has 0 heterocycles. The molecule has 1 aromatic rings. The largest absolute Gasteiger partial charge is 0.467 e. The number of alkyl carbamates (subject to hydrolysis) is 1. The number of nitrogens with zero attached hydrogens (tertiary/aromatic N) is 1. The van der Waals surface area contributed by atoms with Crippen molar-refractivity contribution in [1.29, 1.82) is 0 Å². The summed E-state index contributed by atoms with van der Waals surface area (Å²) in [4.78, 5) is 53.9. The van der Waals surface area contributed by atoms with Gasteiger partial charge >= 0.3 is 12.1 Å². The number of carbonyl (C=O) groups is 4. The first-order chi connectivity index (χ1) is 19.8. The summed E-state index contributed by atoms with van der Waals surface area (Å²) in [6.45, 7) is 1.64. The van der Waals surface area contributed by atoms with Crippen LogP contribution in [0.3, 0.4) is 0 Å². The number of allylic oxidation sites excluding steroid dienone is 4. The van der Waals surface area contributed by atoms with Crippen LogP contribution in [0, 0.1) is 0 Å². The van der Waals surface area contributed by atoms with Crippen LogP contribution in [0.4, 0.5) is 4.79 Å². The van der Waals surface area contributed by atoms with Crippen LogP contribution in [-0.2, 0) is 35.3 Å². The van der Waals surface area contributed by atoms with Gasteiger partial charge in [0.05, 0.1) is 13.2 Å². The van der Waals surface area contributed by atoms with Gasteiger partial charge in [-0.2, -0.15) is 0 Å². The van der Waals surface area contributed by atoms with Gasteiger partial charge < -0.3 is 30.3 Å². The van der Waals surface area contributed by atoms with Gasteiger partial charge in [0, 0.05) is 13.0 Å². The van der Waals surface area contributed by atoms with Crippen molar-refractivity contribution in [3.8, 4) is 0 Å². The zero-order valence-electron chi connectivity index (χ0n) is 23.4. The summed E-state index contributed by atoms with van der Waals surface area (Å²) in [6, 6.07) is 8.04. The Morgan fingerprint density at radius 3 is 2.22 bits per heavy atom. The van der Waals surface area contributed by atoms with E-state index in [1.807, 2.05) is 48.6 Å². The van der Waals surface area contributed by atoms with Crippen molar-refractivity contribution in [2.75, 3.05) is 14.2 Å². The summed E-state index contributed by atoms with van der Waals surface area (Å²) in [5.41, 5.74) is 2.48. The van der Waals surface area contributed by atoms with E-state index in [0.29, 0.717) is 25.7 Å². The Bertz CT molecular complexity index is 1250. The Labute approximate surface area is 239 Å². The number of ether oxygens (including phenoxy) is 2. The van der Waals surface area contributed by atoms with Crippen LogP contribution >= 0.6 is 0 Å². The summed E-state index contributed by atoms with van der Waals surface area (Å²) >= 11 is 0. The van der Waals surface area contributed by atoms with Gasteiger partial charge in [-0.1, -0.05) is 59.8 Å². The maximum absolute atomic E-state index is 13.1. The van der Waals surface area contributed by atoms with Crippen LogP contribution in [0.2, 0.25) is 0 Å². The predicted octanol–water partition coefficient (Wildman–Crippen LogP) is 3.00. The first kappa shape index (κ1) is 30.9. The van der Waals surface area contributed by atoms with Crippen LogP contribution in [0.1, 0.15) is 38.2 Å². The van der Waals surface area contributed by atoms with Crippen molar-refractivity contribution in [3.05, 3.63) is 83.5 Å². The molecule has 218 valence electrons. The number of esters is 1. The number of hydrogen-bond acceptors (Lipinski definition) is 8. The smallest absolute Gasteiger partial charge is 0.407 e. The molecule has 0 saturated carbocycles. The second-order valence-electron chi connectivity index (χ2n) is 9.51. The molecule has 11 heteroatoms. The van der Waals surface area contributed by atoms with E-state index in [-0.39, 0.29) is 30.3 Å². The summed E-state index contributed by atoms with van der Waals surface area (Å²) in [5.74, 6) is -1.38. The Hall–Kier alpha value is -4.67. The summed E-state index contributed by atoms with van der Waals surface area (Å²) in [5, 5.41) is 12.1. The average Bonchev–Trinajstić information content (AvgIpc) is 2.97. The van der Waals surface area contributed by atoms with Crippen molar-refractivity contribution in [1.82, 2.24) is 16.0 Å². The lowest BCUT2D eigenvalue weighted by molar-refractivity contribution is -0.143. The number of nitrogens with one attached hydrogen (secondary N) is 3. The number of carbonyl (C=O) groups excluding carboxylic acids is 4. The summed E-state index contributed by atoms with van der Waals surface area (Å²) in [7, 11) is 2.56. The highest BCUT2D eigenvalue weighted by atomic mass is 16.6. The average molecular weight is 565 g/mol. The van der Waals surface area contributed by atoms with Crippen molar-refractivity contribution in [2.45, 2.75) is 57.3 Å². The lowest BCUT2D eigenvalue weighted by atomic mass is 9.96. The number of oxime groups is 1. The number of amides is 3. The van der Waals surface area contributed by atoms with Gasteiger partial charge in [0.1, 0.15) is 19.8 Å². The Balaban J connectivity index is 1.60. The quantitative estimate of drug-likeness (QED) is 0.225. The monoisotopic (exact) mass is 564 g/mol. The van der Waals surface area contributed by atoms with Gasteiger partial charge in [0.2, 0.25) is 5.91 Å². The zero-order chi connectivity index (χ0) is 29.6. The first-order valence-corrected chi connectivity index (χ1v) is 13.3.